The quantitative estimate of drug-likeness (QED) is 0.414. The van der Waals surface area contributed by atoms with E-state index in [0.717, 1.165) is 29.1 Å². The second kappa shape index (κ2) is 12.0. The maximum absolute atomic E-state index is 10.6. The second-order valence-corrected chi connectivity index (χ2v) is 9.16. The van der Waals surface area contributed by atoms with Gasteiger partial charge in [0.2, 0.25) is 5.88 Å². The van der Waals surface area contributed by atoms with Crippen molar-refractivity contribution in [3.63, 3.8) is 0 Å². The van der Waals surface area contributed by atoms with Gasteiger partial charge >= 0.3 is 0 Å². The number of aromatic nitrogens is 2. The summed E-state index contributed by atoms with van der Waals surface area (Å²) in [6, 6.07) is 19.9. The van der Waals surface area contributed by atoms with E-state index in [1.165, 1.54) is 0 Å². The maximum Gasteiger partial charge on any atom is 0.222 e. The first-order valence-electron chi connectivity index (χ1n) is 11.7. The predicted molar refractivity (Wildman–Crippen MR) is 132 cm³/mol. The van der Waals surface area contributed by atoms with Crippen LogP contribution in [-0.4, -0.2) is 51.7 Å². The highest BCUT2D eigenvalue weighted by Gasteiger charge is 2.24. The first-order valence-corrected chi connectivity index (χ1v) is 11.7. The molecule has 0 aliphatic carbocycles. The molecule has 1 heterocycles. The van der Waals surface area contributed by atoms with E-state index in [4.69, 9.17) is 14.6 Å². The van der Waals surface area contributed by atoms with Crippen LogP contribution >= 0.6 is 0 Å². The number of nitrogens with zero attached hydrogens (tertiary/aromatic N) is 3. The average molecular weight is 452 g/mol. The summed E-state index contributed by atoms with van der Waals surface area (Å²) in [5, 5.41) is 15.5. The van der Waals surface area contributed by atoms with Crippen molar-refractivity contribution < 1.29 is 14.6 Å². The number of aliphatic hydroxyl groups is 1. The summed E-state index contributed by atoms with van der Waals surface area (Å²) in [5.74, 6) is 1.92. The van der Waals surface area contributed by atoms with Crippen LogP contribution in [0.3, 0.4) is 0 Å². The molecule has 0 bridgehead atoms. The maximum atomic E-state index is 10.6. The Labute approximate surface area is 197 Å². The smallest absolute Gasteiger partial charge is 0.222 e. The second-order valence-electron chi connectivity index (χ2n) is 9.16. The van der Waals surface area contributed by atoms with Crippen molar-refractivity contribution in [1.82, 2.24) is 14.7 Å². The number of hydrogen-bond donors (Lipinski definition) is 1. The fourth-order valence-electron chi connectivity index (χ4n) is 3.85. The van der Waals surface area contributed by atoms with Crippen LogP contribution in [0.2, 0.25) is 0 Å². The van der Waals surface area contributed by atoms with Gasteiger partial charge in [0.1, 0.15) is 11.4 Å². The topological polar surface area (TPSA) is 59.8 Å². The molecule has 0 fully saturated rings. The highest BCUT2D eigenvalue weighted by molar-refractivity contribution is 5.65. The number of rotatable bonds is 12. The van der Waals surface area contributed by atoms with Crippen molar-refractivity contribution in [2.24, 2.45) is 13.0 Å². The van der Waals surface area contributed by atoms with E-state index in [9.17, 15) is 5.11 Å². The lowest BCUT2D eigenvalue weighted by molar-refractivity contribution is -0.0109. The Morgan fingerprint density at radius 3 is 2.18 bits per heavy atom. The van der Waals surface area contributed by atoms with Crippen molar-refractivity contribution in [3.8, 4) is 22.9 Å². The molecule has 0 spiro atoms. The highest BCUT2D eigenvalue weighted by atomic mass is 16.5. The van der Waals surface area contributed by atoms with Crippen LogP contribution in [0.5, 0.6) is 11.6 Å². The van der Waals surface area contributed by atoms with Gasteiger partial charge in [-0.1, -0.05) is 62.4 Å². The van der Waals surface area contributed by atoms with E-state index in [1.54, 1.807) is 4.68 Å². The molecule has 1 atom stereocenters. The number of para-hydroxylation sites is 1. The lowest BCUT2D eigenvalue weighted by atomic mass is 10.1. The van der Waals surface area contributed by atoms with Gasteiger partial charge in [-0.15, -0.1) is 0 Å². The van der Waals surface area contributed by atoms with Gasteiger partial charge in [0.25, 0.3) is 0 Å². The number of aryl methyl sites for hydroxylation is 1. The predicted octanol–water partition coefficient (Wildman–Crippen LogP) is 5.12. The number of benzene rings is 2. The largest absolute Gasteiger partial charge is 0.439 e. The summed E-state index contributed by atoms with van der Waals surface area (Å²) in [6.45, 7) is 10.6. The first-order chi connectivity index (χ1) is 15.8. The fraction of sp³-hybridized carbons (Fsp3) is 0.444. The van der Waals surface area contributed by atoms with Crippen LogP contribution in [0.15, 0.2) is 60.7 Å². The zero-order valence-corrected chi connectivity index (χ0v) is 20.4. The van der Waals surface area contributed by atoms with Gasteiger partial charge < -0.3 is 14.6 Å². The lowest BCUT2D eigenvalue weighted by Gasteiger charge is -2.27. The molecular formula is C27H37N3O3. The summed E-state index contributed by atoms with van der Waals surface area (Å²) in [5.41, 5.74) is 2.94. The molecule has 0 saturated heterocycles. The minimum atomic E-state index is -0.568. The summed E-state index contributed by atoms with van der Waals surface area (Å²) in [6.07, 6.45) is -0.478. The van der Waals surface area contributed by atoms with Gasteiger partial charge in [0, 0.05) is 32.2 Å². The van der Waals surface area contributed by atoms with Crippen molar-refractivity contribution in [2.45, 2.75) is 46.4 Å². The number of ether oxygens (including phenoxy) is 2. The molecule has 1 aromatic heterocycles. The normalized spacial score (nSPS) is 12.6. The average Bonchev–Trinajstić information content (AvgIpc) is 3.08. The van der Waals surface area contributed by atoms with E-state index in [2.05, 4.69) is 30.9 Å². The molecule has 6 heteroatoms. The third-order valence-corrected chi connectivity index (χ3v) is 5.19. The number of hydrogen-bond acceptors (Lipinski definition) is 5. The Hall–Kier alpha value is -2.67. The van der Waals surface area contributed by atoms with Gasteiger partial charge in [-0.3, -0.25) is 4.90 Å². The van der Waals surface area contributed by atoms with E-state index in [1.807, 2.05) is 69.4 Å². The fourth-order valence-corrected chi connectivity index (χ4v) is 3.85. The molecule has 0 radical (unpaired) electrons. The zero-order chi connectivity index (χ0) is 23.8. The molecule has 33 heavy (non-hydrogen) atoms. The Bertz CT molecular complexity index is 971. The monoisotopic (exact) mass is 451 g/mol. The molecule has 1 N–H and O–H groups in total. The van der Waals surface area contributed by atoms with Gasteiger partial charge in [-0.2, -0.15) is 5.10 Å². The van der Waals surface area contributed by atoms with Crippen molar-refractivity contribution in [1.29, 1.82) is 0 Å². The molecule has 6 nitrogen and oxygen atoms in total. The van der Waals surface area contributed by atoms with Crippen LogP contribution in [-0.2, 0) is 18.3 Å². The van der Waals surface area contributed by atoms with Gasteiger partial charge in [0.05, 0.1) is 24.4 Å². The van der Waals surface area contributed by atoms with Gasteiger partial charge in [-0.25, -0.2) is 4.68 Å². The van der Waals surface area contributed by atoms with Crippen molar-refractivity contribution in [3.05, 3.63) is 66.2 Å². The lowest BCUT2D eigenvalue weighted by Crippen LogP contribution is -2.37. The molecule has 3 rings (SSSR count). The third kappa shape index (κ3) is 7.42. The SMILES string of the molecule is CC(C)CN(Cc1c(-c2ccccc2)nn(C)c1Oc1ccccc1)CC(O)COC(C)C. The van der Waals surface area contributed by atoms with E-state index in [-0.39, 0.29) is 6.10 Å². The summed E-state index contributed by atoms with van der Waals surface area (Å²) in [4.78, 5) is 2.26. The summed E-state index contributed by atoms with van der Waals surface area (Å²) >= 11 is 0. The minimum absolute atomic E-state index is 0.0899. The molecular weight excluding hydrogens is 414 g/mol. The molecule has 178 valence electrons. The molecule has 1 unspecified atom stereocenters. The highest BCUT2D eigenvalue weighted by Crippen LogP contribution is 2.34. The van der Waals surface area contributed by atoms with Crippen LogP contribution in [0.25, 0.3) is 11.3 Å². The molecule has 0 aliphatic heterocycles. The van der Waals surface area contributed by atoms with Crippen LogP contribution in [0.4, 0.5) is 0 Å². The van der Waals surface area contributed by atoms with Crippen LogP contribution in [0.1, 0.15) is 33.3 Å². The Morgan fingerprint density at radius 1 is 0.939 bits per heavy atom. The standard InChI is InChI=1S/C27H37N3O3/c1-20(2)16-30(17-23(31)19-32-21(3)4)18-25-26(22-12-8-6-9-13-22)28-29(5)27(25)33-24-14-10-7-11-15-24/h6-15,20-21,23,31H,16-19H2,1-5H3. The summed E-state index contributed by atoms with van der Waals surface area (Å²) in [7, 11) is 1.91. The third-order valence-electron chi connectivity index (χ3n) is 5.19. The molecule has 0 saturated carbocycles. The Balaban J connectivity index is 1.94. The van der Waals surface area contributed by atoms with Gasteiger partial charge in [-0.05, 0) is 31.9 Å². The van der Waals surface area contributed by atoms with Crippen molar-refractivity contribution in [2.75, 3.05) is 19.7 Å². The van der Waals surface area contributed by atoms with Crippen LogP contribution < -0.4 is 4.74 Å². The molecule has 0 aliphatic rings. The first kappa shape index (κ1) is 25.0. The Morgan fingerprint density at radius 2 is 1.58 bits per heavy atom. The van der Waals surface area contributed by atoms with Crippen LogP contribution in [0, 0.1) is 5.92 Å². The zero-order valence-electron chi connectivity index (χ0n) is 20.4. The number of aliphatic hydroxyl groups excluding tert-OH is 1. The Kier molecular flexibility index (Phi) is 9.06. The van der Waals surface area contributed by atoms with Gasteiger partial charge in [0.15, 0.2) is 0 Å². The minimum Gasteiger partial charge on any atom is -0.439 e. The summed E-state index contributed by atoms with van der Waals surface area (Å²) < 4.78 is 13.8. The van der Waals surface area contributed by atoms with E-state index in [0.29, 0.717) is 31.5 Å². The molecule has 0 amide bonds. The molecule has 3 aromatic rings. The van der Waals surface area contributed by atoms with E-state index < -0.39 is 6.10 Å². The van der Waals surface area contributed by atoms with E-state index >= 15 is 0 Å². The van der Waals surface area contributed by atoms with Crippen molar-refractivity contribution >= 4 is 0 Å². The molecule has 2 aromatic carbocycles.